The number of carbonyl (C=O) groups excluding carboxylic acids is 1. The lowest BCUT2D eigenvalue weighted by atomic mass is 10.2. The molecule has 2 N–H and O–H groups in total. The van der Waals surface area contributed by atoms with E-state index in [-0.39, 0.29) is 11.5 Å². The highest BCUT2D eigenvalue weighted by Crippen LogP contribution is 2.23. The number of carboxylic acids is 1. The van der Waals surface area contributed by atoms with Crippen LogP contribution in [0.15, 0.2) is 35.7 Å². The largest absolute Gasteiger partial charge is 0.478 e. The first kappa shape index (κ1) is 15.6. The molecular formula is C15H15NO3S2. The van der Waals surface area contributed by atoms with Crippen LogP contribution in [0.25, 0.3) is 0 Å². The minimum absolute atomic E-state index is 0.136. The first-order valence-electron chi connectivity index (χ1n) is 6.30. The van der Waals surface area contributed by atoms with Crippen LogP contribution in [0.5, 0.6) is 0 Å². The van der Waals surface area contributed by atoms with Crippen molar-refractivity contribution in [2.45, 2.75) is 12.7 Å². The summed E-state index contributed by atoms with van der Waals surface area (Å²) in [7, 11) is 0. The van der Waals surface area contributed by atoms with Gasteiger partial charge in [-0.05, 0) is 23.9 Å². The quantitative estimate of drug-likeness (QED) is 0.852. The van der Waals surface area contributed by atoms with E-state index < -0.39 is 5.97 Å². The second-order valence-electron chi connectivity index (χ2n) is 4.50. The summed E-state index contributed by atoms with van der Waals surface area (Å²) in [5.41, 5.74) is 2.51. The lowest BCUT2D eigenvalue weighted by Crippen LogP contribution is -2.15. The predicted molar refractivity (Wildman–Crippen MR) is 87.2 cm³/mol. The number of hydrogen-bond donors (Lipinski definition) is 2. The van der Waals surface area contributed by atoms with E-state index in [2.05, 4.69) is 5.32 Å². The van der Waals surface area contributed by atoms with E-state index >= 15 is 0 Å². The molecule has 1 amide bonds. The van der Waals surface area contributed by atoms with E-state index in [4.69, 9.17) is 5.11 Å². The number of amides is 1. The highest BCUT2D eigenvalue weighted by atomic mass is 32.2. The average molecular weight is 321 g/mol. The summed E-state index contributed by atoms with van der Waals surface area (Å²) >= 11 is 2.72. The molecule has 0 fully saturated rings. The minimum atomic E-state index is -1.03. The average Bonchev–Trinajstić information content (AvgIpc) is 2.89. The van der Waals surface area contributed by atoms with Crippen LogP contribution in [0, 0.1) is 6.92 Å². The molecule has 0 aliphatic rings. The van der Waals surface area contributed by atoms with Gasteiger partial charge in [-0.2, -0.15) is 0 Å². The van der Waals surface area contributed by atoms with Crippen molar-refractivity contribution in [1.82, 2.24) is 0 Å². The van der Waals surface area contributed by atoms with Crippen molar-refractivity contribution in [3.63, 3.8) is 0 Å². The molecule has 0 aliphatic carbocycles. The van der Waals surface area contributed by atoms with Crippen LogP contribution in [-0.2, 0) is 10.5 Å². The van der Waals surface area contributed by atoms with Crippen LogP contribution in [0.1, 0.15) is 21.5 Å². The molecule has 0 bridgehead atoms. The van der Waals surface area contributed by atoms with Crippen LogP contribution in [0.2, 0.25) is 0 Å². The SMILES string of the molecule is Cc1ccc(CSCC(=O)Nc2sccc2C(=O)O)cc1. The minimum Gasteiger partial charge on any atom is -0.478 e. The lowest BCUT2D eigenvalue weighted by Gasteiger charge is -2.05. The Morgan fingerprint density at radius 2 is 1.95 bits per heavy atom. The molecule has 6 heteroatoms. The number of hydrogen-bond acceptors (Lipinski definition) is 4. The summed E-state index contributed by atoms with van der Waals surface area (Å²) in [6.45, 7) is 2.03. The van der Waals surface area contributed by atoms with Gasteiger partial charge in [-0.15, -0.1) is 23.1 Å². The summed E-state index contributed by atoms with van der Waals surface area (Å²) in [6.07, 6.45) is 0. The summed E-state index contributed by atoms with van der Waals surface area (Å²) in [4.78, 5) is 22.8. The number of anilines is 1. The van der Waals surface area contributed by atoms with E-state index in [9.17, 15) is 9.59 Å². The van der Waals surface area contributed by atoms with E-state index in [1.807, 2.05) is 31.2 Å². The number of rotatable bonds is 6. The third kappa shape index (κ3) is 4.61. The summed E-state index contributed by atoms with van der Waals surface area (Å²) in [5, 5.41) is 13.7. The van der Waals surface area contributed by atoms with Gasteiger partial charge in [0.25, 0.3) is 0 Å². The maximum atomic E-state index is 11.8. The van der Waals surface area contributed by atoms with Crippen LogP contribution < -0.4 is 5.32 Å². The highest BCUT2D eigenvalue weighted by Gasteiger charge is 2.13. The number of aromatic carboxylic acids is 1. The zero-order valence-corrected chi connectivity index (χ0v) is 13.1. The van der Waals surface area contributed by atoms with Gasteiger partial charge >= 0.3 is 5.97 Å². The Balaban J connectivity index is 1.81. The van der Waals surface area contributed by atoms with Gasteiger partial charge in [-0.1, -0.05) is 29.8 Å². The molecule has 0 radical (unpaired) electrons. The fourth-order valence-corrected chi connectivity index (χ4v) is 3.27. The van der Waals surface area contributed by atoms with Gasteiger partial charge in [0, 0.05) is 5.75 Å². The van der Waals surface area contributed by atoms with Crippen molar-refractivity contribution in [1.29, 1.82) is 0 Å². The molecule has 1 aromatic carbocycles. The van der Waals surface area contributed by atoms with E-state index in [0.29, 0.717) is 10.8 Å². The van der Waals surface area contributed by atoms with Crippen molar-refractivity contribution in [3.8, 4) is 0 Å². The maximum absolute atomic E-state index is 11.8. The maximum Gasteiger partial charge on any atom is 0.338 e. The monoisotopic (exact) mass is 321 g/mol. The van der Waals surface area contributed by atoms with Gasteiger partial charge in [-0.25, -0.2) is 4.79 Å². The second kappa shape index (κ2) is 7.28. The predicted octanol–water partition coefficient (Wildman–Crippen LogP) is 3.63. The van der Waals surface area contributed by atoms with Gasteiger partial charge in [0.15, 0.2) is 0 Å². The molecule has 2 aromatic rings. The van der Waals surface area contributed by atoms with Crippen molar-refractivity contribution >= 4 is 40.0 Å². The molecule has 2 rings (SSSR count). The topological polar surface area (TPSA) is 66.4 Å². The van der Waals surface area contributed by atoms with Crippen molar-refractivity contribution in [2.75, 3.05) is 11.1 Å². The van der Waals surface area contributed by atoms with Crippen LogP contribution in [0.3, 0.4) is 0 Å². The van der Waals surface area contributed by atoms with Gasteiger partial charge in [0.2, 0.25) is 5.91 Å². The fourth-order valence-electron chi connectivity index (χ4n) is 1.68. The molecule has 0 saturated carbocycles. The number of carbonyl (C=O) groups is 2. The van der Waals surface area contributed by atoms with Crippen LogP contribution in [-0.4, -0.2) is 22.7 Å². The Kier molecular flexibility index (Phi) is 5.41. The third-order valence-corrected chi connectivity index (χ3v) is 4.60. The first-order chi connectivity index (χ1) is 10.1. The van der Waals surface area contributed by atoms with Crippen molar-refractivity contribution < 1.29 is 14.7 Å². The van der Waals surface area contributed by atoms with E-state index in [1.54, 1.807) is 5.38 Å². The number of thioether (sulfide) groups is 1. The Labute approximate surface area is 131 Å². The molecule has 4 nitrogen and oxygen atoms in total. The molecule has 1 heterocycles. The summed E-state index contributed by atoms with van der Waals surface area (Å²) in [6, 6.07) is 9.66. The van der Waals surface area contributed by atoms with Gasteiger partial charge in [0.1, 0.15) is 5.00 Å². The Hall–Kier alpha value is -1.79. The molecule has 21 heavy (non-hydrogen) atoms. The van der Waals surface area contributed by atoms with E-state index in [1.165, 1.54) is 40.3 Å². The Bertz CT molecular complexity index is 635. The van der Waals surface area contributed by atoms with Crippen LogP contribution in [0.4, 0.5) is 5.00 Å². The van der Waals surface area contributed by atoms with Crippen molar-refractivity contribution in [3.05, 3.63) is 52.4 Å². The number of aryl methyl sites for hydroxylation is 1. The first-order valence-corrected chi connectivity index (χ1v) is 8.33. The summed E-state index contributed by atoms with van der Waals surface area (Å²) in [5.74, 6) is -0.162. The summed E-state index contributed by atoms with van der Waals surface area (Å²) < 4.78 is 0. The number of thiophene rings is 1. The molecule has 0 saturated heterocycles. The molecular weight excluding hydrogens is 306 g/mol. The standard InChI is InChI=1S/C15H15NO3S2/c1-10-2-4-11(5-3-10)8-20-9-13(17)16-14-12(15(18)19)6-7-21-14/h2-7H,8-9H2,1H3,(H,16,17)(H,18,19). The van der Waals surface area contributed by atoms with Crippen molar-refractivity contribution in [2.24, 2.45) is 0 Å². The molecule has 0 atom stereocenters. The zero-order valence-electron chi connectivity index (χ0n) is 11.5. The Morgan fingerprint density at radius 1 is 1.24 bits per heavy atom. The van der Waals surface area contributed by atoms with Gasteiger partial charge < -0.3 is 10.4 Å². The lowest BCUT2D eigenvalue weighted by molar-refractivity contribution is -0.113. The Morgan fingerprint density at radius 3 is 2.62 bits per heavy atom. The van der Waals surface area contributed by atoms with Crippen LogP contribution >= 0.6 is 23.1 Å². The molecule has 0 unspecified atom stereocenters. The smallest absolute Gasteiger partial charge is 0.338 e. The highest BCUT2D eigenvalue weighted by molar-refractivity contribution is 7.99. The van der Waals surface area contributed by atoms with Gasteiger partial charge in [0.05, 0.1) is 11.3 Å². The molecule has 0 spiro atoms. The number of benzene rings is 1. The zero-order chi connectivity index (χ0) is 15.2. The fraction of sp³-hybridized carbons (Fsp3) is 0.200. The number of nitrogens with one attached hydrogen (secondary N) is 1. The second-order valence-corrected chi connectivity index (χ2v) is 6.40. The van der Waals surface area contributed by atoms with Gasteiger partial charge in [-0.3, -0.25) is 4.79 Å². The van der Waals surface area contributed by atoms with E-state index in [0.717, 1.165) is 5.75 Å². The molecule has 1 aromatic heterocycles. The normalized spacial score (nSPS) is 10.3. The number of carboxylic acid groups (broad SMARTS) is 1. The molecule has 0 aliphatic heterocycles. The third-order valence-electron chi connectivity index (χ3n) is 2.77. The molecule has 110 valence electrons.